The lowest BCUT2D eigenvalue weighted by Crippen LogP contribution is -2.52. The molecule has 0 atom stereocenters. The Morgan fingerprint density at radius 1 is 1.60 bits per heavy atom. The first kappa shape index (κ1) is 9.85. The van der Waals surface area contributed by atoms with Gasteiger partial charge < -0.3 is 10.6 Å². The summed E-state index contributed by atoms with van der Waals surface area (Å²) in [6.07, 6.45) is 0. The molecule has 6 heteroatoms. The normalized spacial score (nSPS) is 16.2. The van der Waals surface area contributed by atoms with E-state index in [1.807, 2.05) is 0 Å². The number of aromatic nitrogens is 2. The fraction of sp³-hybridized carbons (Fsp3) is 0.444. The van der Waals surface area contributed by atoms with E-state index < -0.39 is 0 Å². The van der Waals surface area contributed by atoms with E-state index in [1.54, 1.807) is 4.90 Å². The van der Waals surface area contributed by atoms with Crippen LogP contribution >= 0.6 is 0 Å². The maximum atomic E-state index is 11.7. The van der Waals surface area contributed by atoms with Crippen LogP contribution < -0.4 is 11.3 Å². The average Bonchev–Trinajstić information content (AvgIpc) is 2.17. The van der Waals surface area contributed by atoms with E-state index in [0.717, 1.165) is 0 Å². The lowest BCUT2D eigenvalue weighted by Gasteiger charge is -2.38. The van der Waals surface area contributed by atoms with Crippen molar-refractivity contribution in [3.63, 3.8) is 0 Å². The van der Waals surface area contributed by atoms with Gasteiger partial charge in [0.15, 0.2) is 0 Å². The van der Waals surface area contributed by atoms with Crippen LogP contribution in [0.5, 0.6) is 0 Å². The molecule has 1 aliphatic heterocycles. The van der Waals surface area contributed by atoms with E-state index in [2.05, 4.69) is 10.2 Å². The molecule has 2 rings (SSSR count). The number of hydrogen-bond acceptors (Lipinski definition) is 4. The summed E-state index contributed by atoms with van der Waals surface area (Å²) in [5.41, 5.74) is 5.41. The summed E-state index contributed by atoms with van der Waals surface area (Å²) in [5, 5.41) is 5.90. The third-order valence-corrected chi connectivity index (χ3v) is 2.48. The van der Waals surface area contributed by atoms with Gasteiger partial charge in [0, 0.05) is 25.1 Å². The Morgan fingerprint density at radius 2 is 2.33 bits per heavy atom. The highest BCUT2D eigenvalue weighted by atomic mass is 16.2. The van der Waals surface area contributed by atoms with Crippen molar-refractivity contribution in [3.05, 3.63) is 28.2 Å². The van der Waals surface area contributed by atoms with E-state index in [0.29, 0.717) is 25.6 Å². The van der Waals surface area contributed by atoms with Crippen LogP contribution in [0.25, 0.3) is 0 Å². The molecule has 80 valence electrons. The van der Waals surface area contributed by atoms with Gasteiger partial charge in [0.05, 0.1) is 0 Å². The molecule has 1 aromatic heterocycles. The molecule has 6 nitrogen and oxygen atoms in total. The highest BCUT2D eigenvalue weighted by Gasteiger charge is 2.30. The van der Waals surface area contributed by atoms with Crippen LogP contribution in [0.3, 0.4) is 0 Å². The fourth-order valence-electron chi connectivity index (χ4n) is 1.51. The lowest BCUT2D eigenvalue weighted by atomic mass is 10.0. The molecule has 0 bridgehead atoms. The molecule has 0 radical (unpaired) electrons. The first-order chi connectivity index (χ1) is 7.20. The number of hydrogen-bond donors (Lipinski definition) is 2. The van der Waals surface area contributed by atoms with Gasteiger partial charge in [-0.3, -0.25) is 9.59 Å². The maximum absolute atomic E-state index is 11.7. The second-order valence-corrected chi connectivity index (χ2v) is 3.62. The molecule has 1 amide bonds. The Hall–Kier alpha value is -1.69. The maximum Gasteiger partial charge on any atom is 0.274 e. The summed E-state index contributed by atoms with van der Waals surface area (Å²) >= 11 is 0. The third kappa shape index (κ3) is 1.89. The summed E-state index contributed by atoms with van der Waals surface area (Å²) in [4.78, 5) is 24.1. The largest absolute Gasteiger partial charge is 0.336 e. The number of amides is 1. The van der Waals surface area contributed by atoms with Crippen LogP contribution in [0.1, 0.15) is 10.5 Å². The van der Waals surface area contributed by atoms with E-state index in [9.17, 15) is 9.59 Å². The van der Waals surface area contributed by atoms with Crippen LogP contribution in [0.4, 0.5) is 0 Å². The number of carbonyl (C=O) groups excluding carboxylic acids is 1. The highest BCUT2D eigenvalue weighted by molar-refractivity contribution is 5.92. The van der Waals surface area contributed by atoms with Crippen molar-refractivity contribution in [2.24, 2.45) is 11.7 Å². The first-order valence-corrected chi connectivity index (χ1v) is 4.76. The molecule has 15 heavy (non-hydrogen) atoms. The van der Waals surface area contributed by atoms with Gasteiger partial charge in [-0.05, 0) is 12.6 Å². The van der Waals surface area contributed by atoms with Gasteiger partial charge in [-0.25, -0.2) is 5.10 Å². The van der Waals surface area contributed by atoms with E-state index in [-0.39, 0.29) is 17.2 Å². The van der Waals surface area contributed by atoms with Gasteiger partial charge in [0.25, 0.3) is 11.5 Å². The molecular formula is C9H12N4O2. The van der Waals surface area contributed by atoms with Crippen molar-refractivity contribution in [1.82, 2.24) is 15.1 Å². The Labute approximate surface area is 86.1 Å². The summed E-state index contributed by atoms with van der Waals surface area (Å²) in [6.45, 7) is 1.95. The number of nitrogens with zero attached hydrogens (tertiary/aromatic N) is 2. The van der Waals surface area contributed by atoms with Crippen molar-refractivity contribution in [1.29, 1.82) is 0 Å². The minimum absolute atomic E-state index is 0.157. The second-order valence-electron chi connectivity index (χ2n) is 3.62. The fourth-order valence-corrected chi connectivity index (χ4v) is 1.51. The smallest absolute Gasteiger partial charge is 0.274 e. The Morgan fingerprint density at radius 3 is 2.87 bits per heavy atom. The monoisotopic (exact) mass is 208 g/mol. The Kier molecular flexibility index (Phi) is 2.51. The minimum atomic E-state index is -0.310. The molecule has 2 heterocycles. The number of nitrogens with two attached hydrogens (primary N) is 1. The molecule has 1 saturated heterocycles. The zero-order chi connectivity index (χ0) is 10.8. The molecule has 3 N–H and O–H groups in total. The predicted molar refractivity (Wildman–Crippen MR) is 53.3 cm³/mol. The predicted octanol–water partition coefficient (Wildman–Crippen LogP) is -1.20. The van der Waals surface area contributed by atoms with Crippen LogP contribution in [-0.4, -0.2) is 40.6 Å². The molecular weight excluding hydrogens is 196 g/mol. The van der Waals surface area contributed by atoms with Gasteiger partial charge in [-0.2, -0.15) is 5.10 Å². The number of H-pyrrole nitrogens is 1. The summed E-state index contributed by atoms with van der Waals surface area (Å²) < 4.78 is 0. The second kappa shape index (κ2) is 3.82. The van der Waals surface area contributed by atoms with Gasteiger partial charge in [-0.15, -0.1) is 0 Å². The number of likely N-dealkylation sites (tertiary alicyclic amines) is 1. The van der Waals surface area contributed by atoms with Crippen LogP contribution in [0.15, 0.2) is 16.9 Å². The zero-order valence-electron chi connectivity index (χ0n) is 8.14. The van der Waals surface area contributed by atoms with Crippen LogP contribution in [0.2, 0.25) is 0 Å². The number of aromatic amines is 1. The number of nitrogens with one attached hydrogen (secondary N) is 1. The van der Waals surface area contributed by atoms with Crippen LogP contribution in [-0.2, 0) is 0 Å². The van der Waals surface area contributed by atoms with Crippen molar-refractivity contribution < 1.29 is 4.79 Å². The first-order valence-electron chi connectivity index (χ1n) is 4.76. The van der Waals surface area contributed by atoms with Crippen molar-refractivity contribution in [2.45, 2.75) is 0 Å². The topological polar surface area (TPSA) is 92.1 Å². The summed E-state index contributed by atoms with van der Waals surface area (Å²) in [5.74, 6) is 0.243. The molecule has 0 saturated carbocycles. The SMILES string of the molecule is NCC1CN(C(=O)c2ccc(=O)[nH]n2)C1. The molecule has 1 fully saturated rings. The quantitative estimate of drug-likeness (QED) is 0.638. The standard InChI is InChI=1S/C9H12N4O2/c10-3-6-4-13(5-6)9(15)7-1-2-8(14)12-11-7/h1-2,6H,3-5,10H2,(H,12,14). The van der Waals surface area contributed by atoms with Crippen LogP contribution in [0, 0.1) is 5.92 Å². The van der Waals surface area contributed by atoms with Gasteiger partial charge in [0.2, 0.25) is 0 Å². The number of rotatable bonds is 2. The van der Waals surface area contributed by atoms with Crippen molar-refractivity contribution >= 4 is 5.91 Å². The van der Waals surface area contributed by atoms with Crippen molar-refractivity contribution in [2.75, 3.05) is 19.6 Å². The molecule has 0 spiro atoms. The third-order valence-electron chi connectivity index (χ3n) is 2.48. The molecule has 1 aromatic rings. The van der Waals surface area contributed by atoms with E-state index in [4.69, 9.17) is 5.73 Å². The van der Waals surface area contributed by atoms with Gasteiger partial charge >= 0.3 is 0 Å². The van der Waals surface area contributed by atoms with Gasteiger partial charge in [0.1, 0.15) is 5.69 Å². The average molecular weight is 208 g/mol. The molecule has 0 unspecified atom stereocenters. The van der Waals surface area contributed by atoms with Gasteiger partial charge in [-0.1, -0.05) is 0 Å². The molecule has 1 aliphatic rings. The summed E-state index contributed by atoms with van der Waals surface area (Å²) in [7, 11) is 0. The van der Waals surface area contributed by atoms with Crippen molar-refractivity contribution in [3.8, 4) is 0 Å². The molecule has 0 aromatic carbocycles. The lowest BCUT2D eigenvalue weighted by molar-refractivity contribution is 0.0508. The molecule has 0 aliphatic carbocycles. The number of carbonyl (C=O) groups is 1. The van der Waals surface area contributed by atoms with E-state index >= 15 is 0 Å². The zero-order valence-corrected chi connectivity index (χ0v) is 8.14. The highest BCUT2D eigenvalue weighted by Crippen LogP contribution is 2.15. The Balaban J connectivity index is 2.03. The van der Waals surface area contributed by atoms with E-state index in [1.165, 1.54) is 12.1 Å². The minimum Gasteiger partial charge on any atom is -0.336 e. The Bertz CT molecular complexity index is 402. The summed E-state index contributed by atoms with van der Waals surface area (Å²) in [6, 6.07) is 2.72.